The molecular weight excluding hydrogens is 320 g/mol. The third-order valence-electron chi connectivity index (χ3n) is 4.67. The molecule has 2 aromatic rings. The van der Waals surface area contributed by atoms with Crippen LogP contribution in [0.15, 0.2) is 28.9 Å². The zero-order valence-corrected chi connectivity index (χ0v) is 14.9. The average Bonchev–Trinajstić information content (AvgIpc) is 3.18. The average molecular weight is 344 g/mol. The van der Waals surface area contributed by atoms with Crippen LogP contribution in [-0.4, -0.2) is 58.3 Å². The number of aliphatic hydroxyl groups is 1. The Kier molecular flexibility index (Phi) is 4.76. The molecule has 1 fully saturated rings. The lowest BCUT2D eigenvalue weighted by molar-refractivity contribution is 0.0263. The van der Waals surface area contributed by atoms with Gasteiger partial charge in [-0.05, 0) is 31.9 Å². The monoisotopic (exact) mass is 344 g/mol. The molecule has 1 N–H and O–H groups in total. The zero-order chi connectivity index (χ0) is 18.0. The van der Waals surface area contributed by atoms with Gasteiger partial charge in [0.15, 0.2) is 0 Å². The van der Waals surface area contributed by atoms with Gasteiger partial charge in [-0.1, -0.05) is 18.1 Å². The first-order valence-electron chi connectivity index (χ1n) is 8.52. The van der Waals surface area contributed by atoms with Crippen molar-refractivity contribution in [2.45, 2.75) is 32.3 Å². The smallest absolute Gasteiger partial charge is 0.259 e. The molecule has 1 aliphatic heterocycles. The number of rotatable bonds is 5. The van der Waals surface area contributed by atoms with Gasteiger partial charge in [0, 0.05) is 26.3 Å². The topological polar surface area (TPSA) is 82.7 Å². The van der Waals surface area contributed by atoms with Crippen LogP contribution in [0.3, 0.4) is 0 Å². The highest BCUT2D eigenvalue weighted by Crippen LogP contribution is 2.27. The van der Waals surface area contributed by atoms with Crippen LogP contribution in [-0.2, 0) is 6.42 Å². The van der Waals surface area contributed by atoms with Crippen molar-refractivity contribution < 1.29 is 14.4 Å². The number of carbonyl (C=O) groups excluding carboxylic acids is 1. The Hall–Kier alpha value is -2.41. The molecule has 0 aliphatic carbocycles. The lowest BCUT2D eigenvalue weighted by Crippen LogP contribution is -2.46. The van der Waals surface area contributed by atoms with Crippen LogP contribution in [0.2, 0.25) is 0 Å². The molecule has 1 amide bonds. The number of likely N-dealkylation sites (N-methyl/N-ethyl adjacent to an activating group) is 1. The molecule has 0 aromatic carbocycles. The van der Waals surface area contributed by atoms with Gasteiger partial charge in [0.2, 0.25) is 0 Å². The molecule has 7 nitrogen and oxygen atoms in total. The van der Waals surface area contributed by atoms with E-state index in [1.54, 1.807) is 25.1 Å². The van der Waals surface area contributed by atoms with Crippen LogP contribution >= 0.6 is 0 Å². The zero-order valence-electron chi connectivity index (χ0n) is 14.9. The maximum absolute atomic E-state index is 12.8. The molecule has 1 atom stereocenters. The summed E-state index contributed by atoms with van der Waals surface area (Å²) in [6.45, 7) is 5.08. The highest BCUT2D eigenvalue weighted by atomic mass is 16.5. The fraction of sp³-hybridized carbons (Fsp3) is 0.500. The van der Waals surface area contributed by atoms with E-state index in [1.807, 2.05) is 30.0 Å². The van der Waals surface area contributed by atoms with Crippen LogP contribution in [0, 0.1) is 6.92 Å². The number of amides is 1. The summed E-state index contributed by atoms with van der Waals surface area (Å²) in [6.07, 6.45) is 2.96. The van der Waals surface area contributed by atoms with Gasteiger partial charge in [-0.15, -0.1) is 0 Å². The fourth-order valence-electron chi connectivity index (χ4n) is 3.36. The number of hydrogen-bond donors (Lipinski definition) is 1. The minimum atomic E-state index is -0.959. The standard InChI is InChI=1S/C18H24N4O3/c1-4-14-16(13(2)25-20-14)17(23)21(3)11-18(24)8-10-22(12-18)15-7-5-6-9-19-15/h5-7,9,24H,4,8,10-12H2,1-3H3/t18-/m1/s1. The molecule has 25 heavy (non-hydrogen) atoms. The second kappa shape index (κ2) is 6.84. The summed E-state index contributed by atoms with van der Waals surface area (Å²) in [7, 11) is 1.70. The Labute approximate surface area is 147 Å². The first-order chi connectivity index (χ1) is 11.9. The van der Waals surface area contributed by atoms with Crippen molar-refractivity contribution in [2.24, 2.45) is 0 Å². The van der Waals surface area contributed by atoms with Crippen LogP contribution in [0.1, 0.15) is 35.2 Å². The van der Waals surface area contributed by atoms with Crippen molar-refractivity contribution in [3.05, 3.63) is 41.4 Å². The van der Waals surface area contributed by atoms with Gasteiger partial charge >= 0.3 is 0 Å². The number of carbonyl (C=O) groups is 1. The van der Waals surface area contributed by atoms with E-state index >= 15 is 0 Å². The molecule has 7 heteroatoms. The lowest BCUT2D eigenvalue weighted by atomic mass is 10.0. The number of anilines is 1. The van der Waals surface area contributed by atoms with Crippen molar-refractivity contribution in [2.75, 3.05) is 31.6 Å². The van der Waals surface area contributed by atoms with Crippen molar-refractivity contribution >= 4 is 11.7 Å². The van der Waals surface area contributed by atoms with E-state index in [4.69, 9.17) is 4.52 Å². The minimum absolute atomic E-state index is 0.166. The maximum Gasteiger partial charge on any atom is 0.259 e. The van der Waals surface area contributed by atoms with E-state index < -0.39 is 5.60 Å². The third-order valence-corrected chi connectivity index (χ3v) is 4.67. The lowest BCUT2D eigenvalue weighted by Gasteiger charge is -2.29. The Balaban J connectivity index is 1.69. The number of aryl methyl sites for hydroxylation is 2. The first-order valence-corrected chi connectivity index (χ1v) is 8.52. The molecule has 134 valence electrons. The van der Waals surface area contributed by atoms with Gasteiger partial charge in [0.25, 0.3) is 5.91 Å². The molecule has 2 aromatic heterocycles. The van der Waals surface area contributed by atoms with E-state index in [1.165, 1.54) is 0 Å². The van der Waals surface area contributed by atoms with E-state index in [-0.39, 0.29) is 12.5 Å². The largest absolute Gasteiger partial charge is 0.386 e. The summed E-state index contributed by atoms with van der Waals surface area (Å²) in [5.41, 5.74) is 0.204. The van der Waals surface area contributed by atoms with Gasteiger partial charge < -0.3 is 19.4 Å². The van der Waals surface area contributed by atoms with Crippen LogP contribution in [0.4, 0.5) is 5.82 Å². The number of nitrogens with zero attached hydrogens (tertiary/aromatic N) is 4. The van der Waals surface area contributed by atoms with Crippen molar-refractivity contribution in [3.8, 4) is 0 Å². The van der Waals surface area contributed by atoms with E-state index in [2.05, 4.69) is 10.1 Å². The quantitative estimate of drug-likeness (QED) is 0.888. The van der Waals surface area contributed by atoms with Crippen molar-refractivity contribution in [3.63, 3.8) is 0 Å². The molecule has 3 heterocycles. The highest BCUT2D eigenvalue weighted by molar-refractivity contribution is 5.96. The van der Waals surface area contributed by atoms with Crippen molar-refractivity contribution in [1.29, 1.82) is 0 Å². The summed E-state index contributed by atoms with van der Waals surface area (Å²) < 4.78 is 5.15. The predicted octanol–water partition coefficient (Wildman–Crippen LogP) is 1.65. The minimum Gasteiger partial charge on any atom is -0.386 e. The summed E-state index contributed by atoms with van der Waals surface area (Å²) in [6, 6.07) is 5.72. The molecule has 0 radical (unpaired) electrons. The Morgan fingerprint density at radius 2 is 2.28 bits per heavy atom. The summed E-state index contributed by atoms with van der Waals surface area (Å²) in [5, 5.41) is 14.9. The normalized spacial score (nSPS) is 20.1. The van der Waals surface area contributed by atoms with Crippen LogP contribution < -0.4 is 4.90 Å². The Bertz CT molecular complexity index is 746. The molecule has 0 bridgehead atoms. The number of aromatic nitrogens is 2. The van der Waals surface area contributed by atoms with E-state index in [9.17, 15) is 9.90 Å². The van der Waals surface area contributed by atoms with E-state index in [0.717, 1.165) is 5.82 Å². The molecule has 0 unspecified atom stereocenters. The summed E-state index contributed by atoms with van der Waals surface area (Å²) in [4.78, 5) is 20.7. The van der Waals surface area contributed by atoms with Gasteiger partial charge in [-0.25, -0.2) is 4.98 Å². The molecule has 1 saturated heterocycles. The molecule has 0 spiro atoms. The van der Waals surface area contributed by atoms with E-state index in [0.29, 0.717) is 42.9 Å². The molecule has 0 saturated carbocycles. The van der Waals surface area contributed by atoms with Crippen LogP contribution in [0.25, 0.3) is 0 Å². The van der Waals surface area contributed by atoms with Gasteiger partial charge in [0.1, 0.15) is 22.7 Å². The molecule has 3 rings (SSSR count). The maximum atomic E-state index is 12.8. The number of pyridine rings is 1. The highest BCUT2D eigenvalue weighted by Gasteiger charge is 2.39. The summed E-state index contributed by atoms with van der Waals surface area (Å²) >= 11 is 0. The Morgan fingerprint density at radius 3 is 2.96 bits per heavy atom. The van der Waals surface area contributed by atoms with Gasteiger partial charge in [-0.2, -0.15) is 0 Å². The van der Waals surface area contributed by atoms with Crippen molar-refractivity contribution in [1.82, 2.24) is 15.0 Å². The first kappa shape index (κ1) is 17.4. The molecule has 1 aliphatic rings. The number of β-amino-alcohol motifs (C(OH)–C–C–N with tert-alkyl or cyclic N) is 1. The van der Waals surface area contributed by atoms with Gasteiger partial charge in [-0.3, -0.25) is 4.79 Å². The SMILES string of the molecule is CCc1noc(C)c1C(=O)N(C)C[C@]1(O)CCN(c2ccccn2)C1. The second-order valence-corrected chi connectivity index (χ2v) is 6.66. The Morgan fingerprint density at radius 1 is 1.48 bits per heavy atom. The number of hydrogen-bond acceptors (Lipinski definition) is 6. The predicted molar refractivity (Wildman–Crippen MR) is 93.6 cm³/mol. The fourth-order valence-corrected chi connectivity index (χ4v) is 3.36. The van der Waals surface area contributed by atoms with Crippen LogP contribution in [0.5, 0.6) is 0 Å². The summed E-state index contributed by atoms with van der Waals surface area (Å²) in [5.74, 6) is 1.19. The molecular formula is C18H24N4O3. The van der Waals surface area contributed by atoms with Gasteiger partial charge in [0.05, 0.1) is 12.2 Å². The second-order valence-electron chi connectivity index (χ2n) is 6.66. The third kappa shape index (κ3) is 3.51.